The maximum atomic E-state index is 12.2. The van der Waals surface area contributed by atoms with E-state index in [2.05, 4.69) is 15.3 Å². The van der Waals surface area contributed by atoms with Crippen molar-refractivity contribution in [2.24, 2.45) is 0 Å². The number of hydrogen-bond donors (Lipinski definition) is 1. The van der Waals surface area contributed by atoms with Crippen molar-refractivity contribution < 1.29 is 9.21 Å². The lowest BCUT2D eigenvalue weighted by atomic mass is 10.2. The van der Waals surface area contributed by atoms with Gasteiger partial charge in [0, 0.05) is 17.0 Å². The van der Waals surface area contributed by atoms with Crippen molar-refractivity contribution in [3.05, 3.63) is 82.5 Å². The molecule has 28 heavy (non-hydrogen) atoms. The first-order chi connectivity index (χ1) is 13.7. The number of carbonyl (C=O) groups excluding carboxylic acids is 1. The van der Waals surface area contributed by atoms with Crippen LogP contribution in [0.3, 0.4) is 0 Å². The Balaban J connectivity index is 1.36. The van der Waals surface area contributed by atoms with E-state index in [1.165, 1.54) is 34.6 Å². The molecule has 0 aliphatic carbocycles. The highest BCUT2D eigenvalue weighted by Gasteiger charge is 2.10. The van der Waals surface area contributed by atoms with Crippen LogP contribution in [0.5, 0.6) is 0 Å². The van der Waals surface area contributed by atoms with Crippen LogP contribution in [-0.4, -0.2) is 20.4 Å². The summed E-state index contributed by atoms with van der Waals surface area (Å²) < 4.78 is 6.47. The zero-order chi connectivity index (χ0) is 19.3. The van der Waals surface area contributed by atoms with Crippen LogP contribution in [0.4, 0.5) is 0 Å². The summed E-state index contributed by atoms with van der Waals surface area (Å²) >= 11 is 1.52. The van der Waals surface area contributed by atoms with Gasteiger partial charge in [0.1, 0.15) is 17.2 Å². The van der Waals surface area contributed by atoms with Crippen LogP contribution in [0.2, 0.25) is 0 Å². The topological polar surface area (TPSA) is 90.0 Å². The molecule has 0 aliphatic rings. The lowest BCUT2D eigenvalue weighted by Crippen LogP contribution is -2.32. The van der Waals surface area contributed by atoms with Crippen LogP contribution in [-0.2, 0) is 17.9 Å². The number of thiazole rings is 1. The fourth-order valence-corrected chi connectivity index (χ4v) is 3.43. The van der Waals surface area contributed by atoms with Crippen molar-refractivity contribution in [2.45, 2.75) is 13.1 Å². The van der Waals surface area contributed by atoms with Crippen LogP contribution in [0.25, 0.3) is 22.0 Å². The quantitative estimate of drug-likeness (QED) is 0.545. The third-order valence-corrected chi connectivity index (χ3v) is 4.95. The van der Waals surface area contributed by atoms with Gasteiger partial charge in [-0.05, 0) is 12.1 Å². The third-order valence-electron chi connectivity index (χ3n) is 4.01. The molecule has 8 heteroatoms. The molecule has 0 unspecified atom stereocenters. The Morgan fingerprint density at radius 3 is 2.79 bits per heavy atom. The first kappa shape index (κ1) is 17.9. The fraction of sp³-hybridized carbons (Fsp3) is 0.100. The zero-order valence-corrected chi connectivity index (χ0v) is 15.6. The van der Waals surface area contributed by atoms with E-state index >= 15 is 0 Å². The average Bonchev–Trinajstić information content (AvgIpc) is 3.41. The van der Waals surface area contributed by atoms with E-state index in [1.54, 1.807) is 12.1 Å². The second kappa shape index (κ2) is 8.01. The van der Waals surface area contributed by atoms with Crippen LogP contribution in [0.15, 0.2) is 75.7 Å². The molecule has 140 valence electrons. The Bertz CT molecular complexity index is 1130. The molecule has 0 saturated carbocycles. The summed E-state index contributed by atoms with van der Waals surface area (Å²) in [5.74, 6) is 0.218. The van der Waals surface area contributed by atoms with Crippen molar-refractivity contribution >= 4 is 17.2 Å². The molecule has 0 saturated heterocycles. The summed E-state index contributed by atoms with van der Waals surface area (Å²) in [6.07, 6.45) is 2.85. The SMILES string of the molecule is O=C(Cn1cnc(-c2ccco2)cc1=O)NCc1csc(-c2ccccc2)n1. The predicted octanol–water partition coefficient (Wildman–Crippen LogP) is 2.94. The largest absolute Gasteiger partial charge is 0.463 e. The second-order valence-corrected chi connectivity index (χ2v) is 6.86. The standard InChI is InChI=1S/C20H16N4O3S/c25-18(11-24-13-22-16(9-19(24)26)17-7-4-8-27-17)21-10-15-12-28-20(23-15)14-5-2-1-3-6-14/h1-9,12-13H,10-11H2,(H,21,25). The summed E-state index contributed by atoms with van der Waals surface area (Å²) in [7, 11) is 0. The molecule has 1 aromatic carbocycles. The number of hydrogen-bond acceptors (Lipinski definition) is 6. The molecule has 3 aromatic heterocycles. The van der Waals surface area contributed by atoms with Gasteiger partial charge in [-0.2, -0.15) is 0 Å². The van der Waals surface area contributed by atoms with Crippen LogP contribution >= 0.6 is 11.3 Å². The van der Waals surface area contributed by atoms with Gasteiger partial charge in [0.15, 0.2) is 5.76 Å². The number of carbonyl (C=O) groups is 1. The van der Waals surface area contributed by atoms with Gasteiger partial charge in [0.25, 0.3) is 5.56 Å². The summed E-state index contributed by atoms with van der Waals surface area (Å²) in [4.78, 5) is 33.1. The molecule has 0 fully saturated rings. The molecule has 1 N–H and O–H groups in total. The normalized spacial score (nSPS) is 10.7. The van der Waals surface area contributed by atoms with Gasteiger partial charge in [-0.1, -0.05) is 30.3 Å². The average molecular weight is 392 g/mol. The fourth-order valence-electron chi connectivity index (χ4n) is 2.60. The summed E-state index contributed by atoms with van der Waals surface area (Å²) in [5.41, 5.74) is 1.93. The molecule has 0 bridgehead atoms. The van der Waals surface area contributed by atoms with E-state index in [-0.39, 0.29) is 18.0 Å². The molecular weight excluding hydrogens is 376 g/mol. The Kier molecular flexibility index (Phi) is 5.11. The highest BCUT2D eigenvalue weighted by atomic mass is 32.1. The molecule has 0 atom stereocenters. The Labute approximate surface area is 164 Å². The highest BCUT2D eigenvalue weighted by molar-refractivity contribution is 7.13. The van der Waals surface area contributed by atoms with Crippen molar-refractivity contribution in [3.8, 4) is 22.0 Å². The molecule has 0 spiro atoms. The second-order valence-electron chi connectivity index (χ2n) is 6.00. The van der Waals surface area contributed by atoms with E-state index in [0.717, 1.165) is 16.3 Å². The molecule has 4 aromatic rings. The minimum atomic E-state index is -0.323. The Morgan fingerprint density at radius 1 is 1.18 bits per heavy atom. The van der Waals surface area contributed by atoms with E-state index in [1.807, 2.05) is 35.7 Å². The third kappa shape index (κ3) is 4.07. The van der Waals surface area contributed by atoms with E-state index in [4.69, 9.17) is 4.42 Å². The molecule has 4 rings (SSSR count). The minimum Gasteiger partial charge on any atom is -0.463 e. The first-order valence-electron chi connectivity index (χ1n) is 8.56. The number of amides is 1. The Morgan fingerprint density at radius 2 is 2.04 bits per heavy atom. The van der Waals surface area contributed by atoms with Crippen molar-refractivity contribution in [1.82, 2.24) is 19.9 Å². The monoisotopic (exact) mass is 392 g/mol. The van der Waals surface area contributed by atoms with Crippen LogP contribution in [0.1, 0.15) is 5.69 Å². The molecule has 3 heterocycles. The molecule has 7 nitrogen and oxygen atoms in total. The van der Waals surface area contributed by atoms with Gasteiger partial charge in [0.2, 0.25) is 5.91 Å². The lowest BCUT2D eigenvalue weighted by Gasteiger charge is -2.06. The smallest absolute Gasteiger partial charge is 0.254 e. The summed E-state index contributed by atoms with van der Waals surface area (Å²) in [6.45, 7) is 0.189. The van der Waals surface area contributed by atoms with Gasteiger partial charge in [-0.3, -0.25) is 14.2 Å². The van der Waals surface area contributed by atoms with Gasteiger partial charge in [-0.25, -0.2) is 9.97 Å². The van der Waals surface area contributed by atoms with Crippen molar-refractivity contribution in [3.63, 3.8) is 0 Å². The van der Waals surface area contributed by atoms with Gasteiger partial charge >= 0.3 is 0 Å². The maximum Gasteiger partial charge on any atom is 0.254 e. The van der Waals surface area contributed by atoms with E-state index in [9.17, 15) is 9.59 Å². The van der Waals surface area contributed by atoms with Gasteiger partial charge in [0.05, 0.1) is 24.8 Å². The summed E-state index contributed by atoms with van der Waals surface area (Å²) in [6, 6.07) is 14.6. The summed E-state index contributed by atoms with van der Waals surface area (Å²) in [5, 5.41) is 5.59. The van der Waals surface area contributed by atoms with Crippen molar-refractivity contribution in [2.75, 3.05) is 0 Å². The molecule has 1 amide bonds. The number of benzene rings is 1. The number of furan rings is 1. The lowest BCUT2D eigenvalue weighted by molar-refractivity contribution is -0.121. The maximum absolute atomic E-state index is 12.2. The van der Waals surface area contributed by atoms with Crippen LogP contribution < -0.4 is 10.9 Å². The number of aromatic nitrogens is 3. The first-order valence-corrected chi connectivity index (χ1v) is 9.44. The number of rotatable bonds is 6. The molecular formula is C20H16N4O3S. The molecule has 0 radical (unpaired) electrons. The van der Waals surface area contributed by atoms with Gasteiger partial charge in [-0.15, -0.1) is 11.3 Å². The van der Waals surface area contributed by atoms with E-state index < -0.39 is 0 Å². The zero-order valence-electron chi connectivity index (χ0n) is 14.7. The number of nitrogens with zero attached hydrogens (tertiary/aromatic N) is 3. The molecule has 0 aliphatic heterocycles. The number of nitrogens with one attached hydrogen (secondary N) is 1. The van der Waals surface area contributed by atoms with Crippen molar-refractivity contribution in [1.29, 1.82) is 0 Å². The van der Waals surface area contributed by atoms with E-state index in [0.29, 0.717) is 18.0 Å². The predicted molar refractivity (Wildman–Crippen MR) is 106 cm³/mol. The van der Waals surface area contributed by atoms with Crippen LogP contribution in [0, 0.1) is 0 Å². The van der Waals surface area contributed by atoms with Gasteiger partial charge < -0.3 is 9.73 Å². The minimum absolute atomic E-state index is 0.111. The Hall–Kier alpha value is -3.52. The highest BCUT2D eigenvalue weighted by Crippen LogP contribution is 2.23.